The maximum absolute atomic E-state index is 14.0. The van der Waals surface area contributed by atoms with E-state index in [9.17, 15) is 24.0 Å². The lowest BCUT2D eigenvalue weighted by molar-refractivity contribution is -0.156. The van der Waals surface area contributed by atoms with Crippen molar-refractivity contribution >= 4 is 29.8 Å². The first-order valence-electron chi connectivity index (χ1n) is 32.8. The number of carbonyl (C=O) groups excluding carboxylic acids is 5. The van der Waals surface area contributed by atoms with Crippen LogP contribution in [0.1, 0.15) is 254 Å². The molecule has 12 atom stereocenters. The minimum Gasteiger partial charge on any atom is -0.466 e. The van der Waals surface area contributed by atoms with Crippen LogP contribution >= 0.6 is 0 Å². The van der Waals surface area contributed by atoms with E-state index in [2.05, 4.69) is 78.5 Å². The Morgan fingerprint density at radius 3 is 2.03 bits per heavy atom. The fourth-order valence-corrected chi connectivity index (χ4v) is 15.8. The lowest BCUT2D eigenvalue weighted by atomic mass is 9.46. The number of hydrogen-bond acceptors (Lipinski definition) is 11. The zero-order valence-electron chi connectivity index (χ0n) is 51.9. The Morgan fingerprint density at radius 2 is 1.35 bits per heavy atom. The maximum Gasteiger partial charge on any atom is 0.306 e. The molecule has 0 aromatic carbocycles. The Morgan fingerprint density at radius 1 is 0.671 bits per heavy atom. The van der Waals surface area contributed by atoms with Crippen LogP contribution in [-0.4, -0.2) is 87.4 Å². The molecule has 0 aliphatic heterocycles. The molecule has 5 aliphatic carbocycles. The van der Waals surface area contributed by atoms with Gasteiger partial charge in [0.15, 0.2) is 0 Å². The molecular formula is C68H115NO10. The highest BCUT2D eigenvalue weighted by Gasteiger charge is 2.59. The van der Waals surface area contributed by atoms with Gasteiger partial charge in [0.2, 0.25) is 0 Å². The van der Waals surface area contributed by atoms with Crippen molar-refractivity contribution in [3.05, 3.63) is 23.8 Å². The highest BCUT2D eigenvalue weighted by atomic mass is 16.6. The van der Waals surface area contributed by atoms with Crippen molar-refractivity contribution in [2.45, 2.75) is 267 Å². The van der Waals surface area contributed by atoms with Crippen LogP contribution in [0.15, 0.2) is 23.8 Å². The molecule has 0 N–H and O–H groups in total. The molecule has 0 amide bonds. The SMILES string of the molecule is CC/C=C\CC1C(CC(=O)OCCC(OC(=O)CCCCC(COC(=O)CCCCC)COC(=O)CCCCC)C2CC[C@@]3(C)C(=CC[C@H]4[C@@H]5CC[C@H]([C@H](C)CCCC(C)C)[C@@]5(C)CC[C@@H]43)C2)CCC1OC(=O)CCCN(C)C. The van der Waals surface area contributed by atoms with Crippen molar-refractivity contribution in [3.8, 4) is 0 Å². The van der Waals surface area contributed by atoms with Crippen LogP contribution in [0.25, 0.3) is 0 Å². The number of carbonyl (C=O) groups is 5. The van der Waals surface area contributed by atoms with Gasteiger partial charge in [-0.05, 0) is 188 Å². The minimum absolute atomic E-state index is 0.0569. The van der Waals surface area contributed by atoms with Gasteiger partial charge in [-0.1, -0.05) is 131 Å². The van der Waals surface area contributed by atoms with E-state index >= 15 is 0 Å². The highest BCUT2D eigenvalue weighted by molar-refractivity contribution is 5.71. The molecule has 5 unspecified atom stereocenters. The molecular weight excluding hydrogens is 991 g/mol. The Hall–Kier alpha value is -3.21. The average molecular weight is 1110 g/mol. The predicted molar refractivity (Wildman–Crippen MR) is 317 cm³/mol. The van der Waals surface area contributed by atoms with Gasteiger partial charge in [0.1, 0.15) is 12.2 Å². The van der Waals surface area contributed by atoms with Gasteiger partial charge >= 0.3 is 29.8 Å². The smallest absolute Gasteiger partial charge is 0.306 e. The summed E-state index contributed by atoms with van der Waals surface area (Å²) in [6.45, 7) is 20.2. The number of unbranched alkanes of at least 4 members (excludes halogenated alkanes) is 5. The molecule has 11 nitrogen and oxygen atoms in total. The third-order valence-corrected chi connectivity index (χ3v) is 20.4. The van der Waals surface area contributed by atoms with Crippen LogP contribution in [0.5, 0.6) is 0 Å². The third kappa shape index (κ3) is 20.9. The summed E-state index contributed by atoms with van der Waals surface area (Å²) in [5, 5.41) is 0. The molecule has 0 aromatic heterocycles. The van der Waals surface area contributed by atoms with Crippen molar-refractivity contribution in [1.82, 2.24) is 4.90 Å². The minimum atomic E-state index is -0.382. The summed E-state index contributed by atoms with van der Waals surface area (Å²) < 4.78 is 30.1. The van der Waals surface area contributed by atoms with E-state index in [1.54, 1.807) is 5.57 Å². The lowest BCUT2D eigenvalue weighted by Crippen LogP contribution is -2.51. The van der Waals surface area contributed by atoms with Crippen LogP contribution in [0, 0.1) is 70.0 Å². The Balaban J connectivity index is 1.23. The van der Waals surface area contributed by atoms with Crippen molar-refractivity contribution in [2.75, 3.05) is 40.5 Å². The van der Waals surface area contributed by atoms with Gasteiger partial charge in [-0.25, -0.2) is 0 Å². The molecule has 0 aromatic rings. The second-order valence-corrected chi connectivity index (χ2v) is 27.0. The molecule has 452 valence electrons. The molecule has 79 heavy (non-hydrogen) atoms. The first-order valence-corrected chi connectivity index (χ1v) is 32.8. The number of fused-ring (bicyclic) bond motifs is 5. The summed E-state index contributed by atoms with van der Waals surface area (Å²) in [5.74, 6) is 3.62. The number of rotatable bonds is 37. The molecule has 0 saturated heterocycles. The molecule has 4 fully saturated rings. The second kappa shape index (κ2) is 34.4. The van der Waals surface area contributed by atoms with Gasteiger partial charge in [-0.3, -0.25) is 24.0 Å². The average Bonchev–Trinajstić information content (AvgIpc) is 4.06. The van der Waals surface area contributed by atoms with Crippen LogP contribution < -0.4 is 0 Å². The second-order valence-electron chi connectivity index (χ2n) is 27.0. The first-order chi connectivity index (χ1) is 37.9. The van der Waals surface area contributed by atoms with E-state index in [4.69, 9.17) is 23.7 Å². The van der Waals surface area contributed by atoms with Gasteiger partial charge in [-0.15, -0.1) is 0 Å². The number of allylic oxidation sites excluding steroid dienone is 4. The van der Waals surface area contributed by atoms with E-state index in [0.29, 0.717) is 56.3 Å². The summed E-state index contributed by atoms with van der Waals surface area (Å²) in [6, 6.07) is 0. The Kier molecular flexibility index (Phi) is 29.0. The Bertz CT molecular complexity index is 1880. The summed E-state index contributed by atoms with van der Waals surface area (Å²) in [5.41, 5.74) is 2.14. The Labute approximate surface area is 481 Å². The van der Waals surface area contributed by atoms with Crippen LogP contribution in [-0.2, 0) is 47.7 Å². The zero-order chi connectivity index (χ0) is 57.4. The molecule has 0 bridgehead atoms. The van der Waals surface area contributed by atoms with Crippen LogP contribution in [0.2, 0.25) is 0 Å². The first kappa shape index (κ1) is 66.6. The van der Waals surface area contributed by atoms with E-state index in [1.807, 2.05) is 14.1 Å². The number of nitrogens with zero attached hydrogens (tertiary/aromatic N) is 1. The number of hydrogen-bond donors (Lipinski definition) is 0. The van der Waals surface area contributed by atoms with E-state index in [-0.39, 0.29) is 104 Å². The monoisotopic (exact) mass is 1110 g/mol. The van der Waals surface area contributed by atoms with Gasteiger partial charge in [0.05, 0.1) is 19.8 Å². The maximum atomic E-state index is 14.0. The summed E-state index contributed by atoms with van der Waals surface area (Å²) >= 11 is 0. The molecule has 4 saturated carbocycles. The molecule has 11 heteroatoms. The molecule has 0 heterocycles. The number of ether oxygens (including phenoxy) is 5. The fourth-order valence-electron chi connectivity index (χ4n) is 15.8. The zero-order valence-corrected chi connectivity index (χ0v) is 51.9. The molecule has 5 rings (SSSR count). The summed E-state index contributed by atoms with van der Waals surface area (Å²) in [4.78, 5) is 67.9. The number of esters is 5. The normalized spacial score (nSPS) is 28.2. The molecule has 0 radical (unpaired) electrons. The topological polar surface area (TPSA) is 135 Å². The largest absolute Gasteiger partial charge is 0.466 e. The quantitative estimate of drug-likeness (QED) is 0.0255. The molecule has 0 spiro atoms. The van der Waals surface area contributed by atoms with Crippen molar-refractivity contribution in [2.24, 2.45) is 70.0 Å². The van der Waals surface area contributed by atoms with Gasteiger partial charge in [0, 0.05) is 50.4 Å². The van der Waals surface area contributed by atoms with E-state index < -0.39 is 0 Å². The standard InChI is InChI=1S/C68H115NO10/c1-11-14-17-27-55-52(32-37-61(55)79-65(73)31-23-43-69(9)10)46-66(74)75-44-40-60(78-64(72)30-21-20-26-51(47-76-62(70)28-18-15-12-2)48-77-63(71)29-19-16-13-3)53-38-41-67(7)54(45-53)33-34-56-58-36-35-57(50(6)25-22-24-49(4)5)68(58,8)42-39-59(56)67/h14,17,33,49-53,55-61H,11-13,15-16,18-32,34-48H2,1-10H3/b17-14-/t50-,52?,53?,55?,56+,57-,58+,59+,60?,61?,67+,68-/m1/s1. The van der Waals surface area contributed by atoms with Crippen LogP contribution in [0.4, 0.5) is 0 Å². The highest BCUT2D eigenvalue weighted by Crippen LogP contribution is 2.68. The van der Waals surface area contributed by atoms with E-state index in [1.165, 1.54) is 44.9 Å². The van der Waals surface area contributed by atoms with Crippen molar-refractivity contribution in [3.63, 3.8) is 0 Å². The summed E-state index contributed by atoms with van der Waals surface area (Å²) in [7, 11) is 4.01. The van der Waals surface area contributed by atoms with Crippen molar-refractivity contribution in [1.29, 1.82) is 0 Å². The van der Waals surface area contributed by atoms with Gasteiger partial charge < -0.3 is 28.6 Å². The molecule has 5 aliphatic rings. The lowest BCUT2D eigenvalue weighted by Gasteiger charge is -2.59. The van der Waals surface area contributed by atoms with Crippen LogP contribution in [0.3, 0.4) is 0 Å². The third-order valence-electron chi connectivity index (χ3n) is 20.4. The van der Waals surface area contributed by atoms with Gasteiger partial charge in [-0.2, -0.15) is 0 Å². The van der Waals surface area contributed by atoms with E-state index in [0.717, 1.165) is 132 Å². The van der Waals surface area contributed by atoms with Crippen molar-refractivity contribution < 1.29 is 47.7 Å². The fraction of sp³-hybridized carbons (Fsp3) is 0.868. The summed E-state index contributed by atoms with van der Waals surface area (Å²) in [6.07, 6.45) is 33.6. The van der Waals surface area contributed by atoms with Gasteiger partial charge in [0.25, 0.3) is 0 Å². The predicted octanol–water partition coefficient (Wildman–Crippen LogP) is 15.9.